The van der Waals surface area contributed by atoms with Crippen LogP contribution in [0, 0.1) is 0 Å². The van der Waals surface area contributed by atoms with Gasteiger partial charge >= 0.3 is 0 Å². The zero-order valence-electron chi connectivity index (χ0n) is 14.5. The van der Waals surface area contributed by atoms with Crippen LogP contribution in [0.4, 0.5) is 0 Å². The Hall–Kier alpha value is -1.51. The molecule has 8 nitrogen and oxygen atoms in total. The Kier molecular flexibility index (Phi) is 5.17. The fourth-order valence-electron chi connectivity index (χ4n) is 3.31. The summed E-state index contributed by atoms with van der Waals surface area (Å²) in [4.78, 5) is 16.3. The Bertz CT molecular complexity index is 570. The van der Waals surface area contributed by atoms with Crippen molar-refractivity contribution in [3.05, 3.63) is 11.9 Å². The van der Waals surface area contributed by atoms with Crippen LogP contribution >= 0.6 is 0 Å². The highest BCUT2D eigenvalue weighted by Gasteiger charge is 2.38. The Morgan fingerprint density at radius 2 is 2.12 bits per heavy atom. The number of hydrogen-bond acceptors (Lipinski definition) is 6. The lowest BCUT2D eigenvalue weighted by Gasteiger charge is -2.38. The molecule has 0 aliphatic carbocycles. The number of ether oxygens (including phenoxy) is 1. The molecule has 0 aromatic carbocycles. The summed E-state index contributed by atoms with van der Waals surface area (Å²) < 4.78 is 7.04. The van der Waals surface area contributed by atoms with Gasteiger partial charge in [-0.25, -0.2) is 4.68 Å². The third-order valence-corrected chi connectivity index (χ3v) is 4.79. The van der Waals surface area contributed by atoms with E-state index in [-0.39, 0.29) is 11.9 Å². The van der Waals surface area contributed by atoms with Crippen molar-refractivity contribution in [3.8, 4) is 0 Å². The van der Waals surface area contributed by atoms with Crippen LogP contribution in [0.25, 0.3) is 0 Å². The van der Waals surface area contributed by atoms with Crippen molar-refractivity contribution in [2.24, 2.45) is 0 Å². The molecule has 1 atom stereocenters. The summed E-state index contributed by atoms with van der Waals surface area (Å²) in [6.07, 6.45) is 3.30. The topological polar surface area (TPSA) is 83.7 Å². The van der Waals surface area contributed by atoms with Crippen molar-refractivity contribution < 1.29 is 14.6 Å². The lowest BCUT2D eigenvalue weighted by atomic mass is 9.90. The minimum atomic E-state index is -1.03. The number of aliphatic hydroxyl groups is 1. The first-order valence-electron chi connectivity index (χ1n) is 8.70. The van der Waals surface area contributed by atoms with Crippen molar-refractivity contribution in [1.29, 1.82) is 0 Å². The number of β-amino-alcohol motifs (C(OH)–C–C–N with tert-alkyl or cyclic N) is 1. The van der Waals surface area contributed by atoms with Gasteiger partial charge in [-0.3, -0.25) is 9.69 Å². The smallest absolute Gasteiger partial charge is 0.236 e. The van der Waals surface area contributed by atoms with Gasteiger partial charge < -0.3 is 14.7 Å². The molecule has 3 rings (SSSR count). The summed E-state index contributed by atoms with van der Waals surface area (Å²) in [5.74, 6) is 0.105. The van der Waals surface area contributed by atoms with Gasteiger partial charge in [0.25, 0.3) is 0 Å². The summed E-state index contributed by atoms with van der Waals surface area (Å²) in [6, 6.07) is 0.206. The fraction of sp³-hybridized carbons (Fsp3) is 0.812. The summed E-state index contributed by atoms with van der Waals surface area (Å²) >= 11 is 0. The molecule has 1 amide bonds. The lowest BCUT2D eigenvalue weighted by Crippen LogP contribution is -2.51. The van der Waals surface area contributed by atoms with Crippen LogP contribution in [-0.4, -0.2) is 81.7 Å². The van der Waals surface area contributed by atoms with E-state index in [4.69, 9.17) is 4.74 Å². The molecule has 2 aliphatic heterocycles. The van der Waals surface area contributed by atoms with Gasteiger partial charge in [0.2, 0.25) is 5.91 Å². The molecule has 1 unspecified atom stereocenters. The van der Waals surface area contributed by atoms with Crippen LogP contribution < -0.4 is 0 Å². The van der Waals surface area contributed by atoms with E-state index in [2.05, 4.69) is 10.3 Å². The molecule has 0 bridgehead atoms. The Labute approximate surface area is 142 Å². The highest BCUT2D eigenvalue weighted by Crippen LogP contribution is 2.30. The molecule has 24 heavy (non-hydrogen) atoms. The maximum Gasteiger partial charge on any atom is 0.236 e. The Morgan fingerprint density at radius 1 is 1.38 bits per heavy atom. The molecule has 2 saturated heterocycles. The monoisotopic (exact) mass is 337 g/mol. The van der Waals surface area contributed by atoms with Crippen LogP contribution in [0.15, 0.2) is 6.20 Å². The highest BCUT2D eigenvalue weighted by atomic mass is 16.5. The van der Waals surface area contributed by atoms with Crippen molar-refractivity contribution in [2.75, 3.05) is 45.9 Å². The fourth-order valence-corrected chi connectivity index (χ4v) is 3.31. The van der Waals surface area contributed by atoms with E-state index in [0.717, 1.165) is 13.0 Å². The van der Waals surface area contributed by atoms with Gasteiger partial charge in [0, 0.05) is 25.7 Å². The largest absolute Gasteiger partial charge is 0.382 e. The highest BCUT2D eigenvalue weighted by molar-refractivity contribution is 5.78. The molecule has 1 N–H and O–H groups in total. The SMILES string of the molecule is CC(C)n1cc(C2(O)CCCN(CC(=O)N3CCOCC3)C2)nn1. The van der Waals surface area contributed by atoms with E-state index in [0.29, 0.717) is 51.5 Å². The third-order valence-electron chi connectivity index (χ3n) is 4.79. The van der Waals surface area contributed by atoms with Crippen LogP contribution in [0.2, 0.25) is 0 Å². The summed E-state index contributed by atoms with van der Waals surface area (Å²) in [7, 11) is 0. The maximum atomic E-state index is 12.4. The van der Waals surface area contributed by atoms with E-state index in [9.17, 15) is 9.90 Å². The Morgan fingerprint density at radius 3 is 2.79 bits per heavy atom. The van der Waals surface area contributed by atoms with Gasteiger partial charge in [0.1, 0.15) is 11.3 Å². The molecule has 1 aromatic rings. The lowest BCUT2D eigenvalue weighted by molar-refractivity contribution is -0.138. The molecule has 1 aromatic heterocycles. The molecule has 134 valence electrons. The van der Waals surface area contributed by atoms with Gasteiger partial charge in [0.05, 0.1) is 26.0 Å². The number of morpholine rings is 1. The summed E-state index contributed by atoms with van der Waals surface area (Å²) in [5, 5.41) is 19.3. The molecular formula is C16H27N5O3. The van der Waals surface area contributed by atoms with Crippen LogP contribution in [0.1, 0.15) is 38.4 Å². The normalized spacial score (nSPS) is 26.1. The van der Waals surface area contributed by atoms with Crippen molar-refractivity contribution >= 4 is 5.91 Å². The summed E-state index contributed by atoms with van der Waals surface area (Å²) in [6.45, 7) is 8.13. The second-order valence-electron chi connectivity index (χ2n) is 7.02. The zero-order chi connectivity index (χ0) is 17.2. The van der Waals surface area contributed by atoms with E-state index < -0.39 is 5.60 Å². The van der Waals surface area contributed by atoms with Gasteiger partial charge in [-0.1, -0.05) is 5.21 Å². The minimum Gasteiger partial charge on any atom is -0.382 e. The molecule has 3 heterocycles. The second-order valence-corrected chi connectivity index (χ2v) is 7.02. The number of carbonyl (C=O) groups is 1. The van der Waals surface area contributed by atoms with Gasteiger partial charge in [-0.05, 0) is 33.2 Å². The van der Waals surface area contributed by atoms with E-state index in [1.54, 1.807) is 4.68 Å². The first-order valence-corrected chi connectivity index (χ1v) is 8.70. The van der Waals surface area contributed by atoms with E-state index in [1.807, 2.05) is 29.8 Å². The third kappa shape index (κ3) is 3.76. The molecule has 0 radical (unpaired) electrons. The van der Waals surface area contributed by atoms with E-state index in [1.165, 1.54) is 0 Å². The Balaban J connectivity index is 1.63. The number of hydrogen-bond donors (Lipinski definition) is 1. The van der Waals surface area contributed by atoms with Crippen molar-refractivity contribution in [1.82, 2.24) is 24.8 Å². The number of nitrogens with zero attached hydrogens (tertiary/aromatic N) is 5. The summed E-state index contributed by atoms with van der Waals surface area (Å²) in [5.41, 5.74) is -0.434. The van der Waals surface area contributed by atoms with Gasteiger partial charge in [-0.2, -0.15) is 0 Å². The molecule has 2 fully saturated rings. The first-order chi connectivity index (χ1) is 11.5. The van der Waals surface area contributed by atoms with Crippen molar-refractivity contribution in [2.45, 2.75) is 38.3 Å². The molecule has 8 heteroatoms. The molecule has 0 saturated carbocycles. The predicted molar refractivity (Wildman–Crippen MR) is 87.4 cm³/mol. The second kappa shape index (κ2) is 7.16. The van der Waals surface area contributed by atoms with Gasteiger partial charge in [-0.15, -0.1) is 5.10 Å². The number of likely N-dealkylation sites (tertiary alicyclic amines) is 1. The number of rotatable bonds is 4. The molecular weight excluding hydrogens is 310 g/mol. The van der Waals surface area contributed by atoms with Crippen LogP contribution in [0.5, 0.6) is 0 Å². The average Bonchev–Trinajstić information content (AvgIpc) is 3.07. The van der Waals surface area contributed by atoms with E-state index >= 15 is 0 Å². The van der Waals surface area contributed by atoms with Crippen molar-refractivity contribution in [3.63, 3.8) is 0 Å². The quantitative estimate of drug-likeness (QED) is 0.833. The first kappa shape index (κ1) is 17.3. The number of aromatic nitrogens is 3. The number of amides is 1. The number of carbonyl (C=O) groups excluding carboxylic acids is 1. The van der Waals surface area contributed by atoms with Crippen LogP contribution in [-0.2, 0) is 15.1 Å². The minimum absolute atomic E-state index is 0.105. The maximum absolute atomic E-state index is 12.4. The zero-order valence-corrected chi connectivity index (χ0v) is 14.5. The standard InChI is InChI=1S/C16H27N5O3/c1-13(2)21-10-14(17-18-21)16(23)4-3-5-19(12-16)11-15(22)20-6-8-24-9-7-20/h10,13,23H,3-9,11-12H2,1-2H3. The number of piperidine rings is 1. The predicted octanol–water partition coefficient (Wildman–Crippen LogP) is 0.00120. The molecule has 0 spiro atoms. The van der Waals surface area contributed by atoms with Crippen LogP contribution in [0.3, 0.4) is 0 Å². The average molecular weight is 337 g/mol. The molecule has 2 aliphatic rings. The van der Waals surface area contributed by atoms with Gasteiger partial charge in [0.15, 0.2) is 0 Å².